The number of hydrogen-bond donors (Lipinski definition) is 3. The van der Waals surface area contributed by atoms with Crippen LogP contribution in [-0.2, 0) is 0 Å². The number of hydrogen-bond acceptors (Lipinski definition) is 4. The molecule has 6 nitrogen and oxygen atoms in total. The number of H-pyrrole nitrogens is 1. The summed E-state index contributed by atoms with van der Waals surface area (Å²) in [6.07, 6.45) is 3.56. The molecular weight excluding hydrogens is 426 g/mol. The van der Waals surface area contributed by atoms with Crippen LogP contribution in [-0.4, -0.2) is 40.7 Å². The fourth-order valence-corrected chi connectivity index (χ4v) is 4.70. The van der Waals surface area contributed by atoms with Gasteiger partial charge in [-0.15, -0.1) is 0 Å². The number of nitrogens with one attached hydrogen (secondary N) is 2. The largest absolute Gasteiger partial charge is 0.494 e. The van der Waals surface area contributed by atoms with Crippen molar-refractivity contribution in [3.63, 3.8) is 0 Å². The number of rotatable bonds is 7. The quantitative estimate of drug-likeness (QED) is 0.334. The Morgan fingerprint density at radius 3 is 2.47 bits per heavy atom. The van der Waals surface area contributed by atoms with Crippen molar-refractivity contribution < 1.29 is 14.6 Å². The third-order valence-corrected chi connectivity index (χ3v) is 6.57. The van der Waals surface area contributed by atoms with Crippen LogP contribution in [0, 0.1) is 12.8 Å². The number of aryl methyl sites for hydroxylation is 1. The first-order valence-corrected chi connectivity index (χ1v) is 11.8. The van der Waals surface area contributed by atoms with Crippen molar-refractivity contribution in [1.82, 2.24) is 15.3 Å². The first kappa shape index (κ1) is 22.2. The third-order valence-electron chi connectivity index (χ3n) is 6.57. The van der Waals surface area contributed by atoms with Crippen molar-refractivity contribution in [3.8, 4) is 28.0 Å². The SMILES string of the molecule is Cc1nc2c(C(=O)O)cc(-c3ccc(-c4cccc(OCCC5CCNCC5)c4)cc3)cc2[nH]1. The Kier molecular flexibility index (Phi) is 6.32. The number of carboxylic acid groups (broad SMARTS) is 1. The number of carbonyl (C=O) groups is 1. The highest BCUT2D eigenvalue weighted by Crippen LogP contribution is 2.30. The highest BCUT2D eigenvalue weighted by Gasteiger charge is 2.15. The summed E-state index contributed by atoms with van der Waals surface area (Å²) < 4.78 is 6.06. The smallest absolute Gasteiger partial charge is 0.337 e. The Morgan fingerprint density at radius 1 is 1.00 bits per heavy atom. The van der Waals surface area contributed by atoms with Gasteiger partial charge < -0.3 is 20.1 Å². The molecule has 1 aliphatic heterocycles. The maximum atomic E-state index is 11.8. The van der Waals surface area contributed by atoms with E-state index in [-0.39, 0.29) is 5.56 Å². The molecule has 0 atom stereocenters. The van der Waals surface area contributed by atoms with Gasteiger partial charge in [-0.1, -0.05) is 36.4 Å². The Morgan fingerprint density at radius 2 is 1.74 bits per heavy atom. The Labute approximate surface area is 199 Å². The average Bonchev–Trinajstić information content (AvgIpc) is 3.24. The second-order valence-corrected chi connectivity index (χ2v) is 8.98. The molecule has 1 aliphatic rings. The summed E-state index contributed by atoms with van der Waals surface area (Å²) in [7, 11) is 0. The molecule has 4 aromatic rings. The van der Waals surface area contributed by atoms with Crippen LogP contribution in [0.4, 0.5) is 0 Å². The number of nitrogens with zero attached hydrogens (tertiary/aromatic N) is 1. The molecule has 0 aliphatic carbocycles. The molecule has 5 rings (SSSR count). The number of benzene rings is 3. The normalized spacial score (nSPS) is 14.4. The van der Waals surface area contributed by atoms with Crippen LogP contribution in [0.5, 0.6) is 5.75 Å². The van der Waals surface area contributed by atoms with E-state index in [9.17, 15) is 9.90 Å². The van der Waals surface area contributed by atoms with E-state index in [1.807, 2.05) is 37.3 Å². The number of ether oxygens (including phenoxy) is 1. The van der Waals surface area contributed by atoms with Crippen molar-refractivity contribution in [2.75, 3.05) is 19.7 Å². The van der Waals surface area contributed by atoms with Crippen LogP contribution in [0.3, 0.4) is 0 Å². The second-order valence-electron chi connectivity index (χ2n) is 8.98. The molecule has 174 valence electrons. The van der Waals surface area contributed by atoms with Crippen molar-refractivity contribution in [2.24, 2.45) is 5.92 Å². The fourth-order valence-electron chi connectivity index (χ4n) is 4.70. The van der Waals surface area contributed by atoms with Gasteiger partial charge in [0.2, 0.25) is 0 Å². The number of aromatic carboxylic acids is 1. The molecule has 1 aromatic heterocycles. The van der Waals surface area contributed by atoms with E-state index in [1.54, 1.807) is 6.07 Å². The van der Waals surface area contributed by atoms with Gasteiger partial charge in [-0.25, -0.2) is 9.78 Å². The lowest BCUT2D eigenvalue weighted by atomic mass is 9.95. The topological polar surface area (TPSA) is 87.2 Å². The molecule has 34 heavy (non-hydrogen) atoms. The number of piperidine rings is 1. The van der Waals surface area contributed by atoms with E-state index in [0.29, 0.717) is 11.3 Å². The first-order chi connectivity index (χ1) is 16.6. The van der Waals surface area contributed by atoms with Crippen LogP contribution < -0.4 is 10.1 Å². The molecule has 0 bridgehead atoms. The summed E-state index contributed by atoms with van der Waals surface area (Å²) >= 11 is 0. The van der Waals surface area contributed by atoms with Gasteiger partial charge in [0, 0.05) is 0 Å². The van der Waals surface area contributed by atoms with Gasteiger partial charge in [0.1, 0.15) is 17.1 Å². The summed E-state index contributed by atoms with van der Waals surface area (Å²) in [6.45, 7) is 4.80. The van der Waals surface area contributed by atoms with Crippen molar-refractivity contribution in [1.29, 1.82) is 0 Å². The van der Waals surface area contributed by atoms with Crippen molar-refractivity contribution in [2.45, 2.75) is 26.2 Å². The fraction of sp³-hybridized carbons (Fsp3) is 0.286. The van der Waals surface area contributed by atoms with Gasteiger partial charge in [-0.05, 0) is 91.7 Å². The van der Waals surface area contributed by atoms with Gasteiger partial charge in [-0.3, -0.25) is 0 Å². The maximum Gasteiger partial charge on any atom is 0.337 e. The molecular formula is C28H29N3O3. The average molecular weight is 456 g/mol. The molecule has 0 spiro atoms. The number of imidazole rings is 1. The molecule has 6 heteroatoms. The number of carboxylic acids is 1. The molecule has 3 N–H and O–H groups in total. The van der Waals surface area contributed by atoms with Gasteiger partial charge in [0.15, 0.2) is 0 Å². The highest BCUT2D eigenvalue weighted by atomic mass is 16.5. The minimum Gasteiger partial charge on any atom is -0.494 e. The van der Waals surface area contributed by atoms with Gasteiger partial charge in [0.25, 0.3) is 0 Å². The third kappa shape index (κ3) is 4.82. The van der Waals surface area contributed by atoms with Crippen molar-refractivity contribution >= 4 is 17.0 Å². The van der Waals surface area contributed by atoms with E-state index < -0.39 is 5.97 Å². The molecule has 0 saturated carbocycles. The molecule has 1 saturated heterocycles. The molecule has 2 heterocycles. The first-order valence-electron chi connectivity index (χ1n) is 11.8. The monoisotopic (exact) mass is 455 g/mol. The standard InChI is InChI=1S/C28H29N3O3/c1-18-30-26-17-23(16-25(28(32)33)27(26)31-18)21-7-5-20(6-8-21)22-3-2-4-24(15-22)34-14-11-19-9-12-29-13-10-19/h2-8,15-17,19,29H,9-14H2,1H3,(H,30,31)(H,32,33). The molecule has 3 aromatic carbocycles. The van der Waals surface area contributed by atoms with Gasteiger partial charge in [-0.2, -0.15) is 0 Å². The Balaban J connectivity index is 1.32. The summed E-state index contributed by atoms with van der Waals surface area (Å²) in [4.78, 5) is 19.3. The van der Waals surface area contributed by atoms with Crippen LogP contribution in [0.1, 0.15) is 35.4 Å². The summed E-state index contributed by atoms with van der Waals surface area (Å²) in [5.74, 6) is 1.36. The predicted octanol–water partition coefficient (Wildman–Crippen LogP) is 5.67. The molecule has 0 amide bonds. The van der Waals surface area contributed by atoms with Crippen LogP contribution in [0.2, 0.25) is 0 Å². The lowest BCUT2D eigenvalue weighted by molar-refractivity contribution is 0.0699. The van der Waals surface area contributed by atoms with E-state index in [0.717, 1.165) is 65.6 Å². The zero-order valence-electron chi connectivity index (χ0n) is 19.3. The lowest BCUT2D eigenvalue weighted by Gasteiger charge is -2.22. The summed E-state index contributed by atoms with van der Waals surface area (Å²) in [6, 6.07) is 20.0. The lowest BCUT2D eigenvalue weighted by Crippen LogP contribution is -2.28. The minimum atomic E-state index is -0.980. The summed E-state index contributed by atoms with van der Waals surface area (Å²) in [5, 5.41) is 13.1. The van der Waals surface area contributed by atoms with Crippen molar-refractivity contribution in [3.05, 3.63) is 72.1 Å². The zero-order valence-corrected chi connectivity index (χ0v) is 19.3. The maximum absolute atomic E-state index is 11.8. The molecule has 0 unspecified atom stereocenters. The summed E-state index contributed by atoms with van der Waals surface area (Å²) in [5.41, 5.74) is 5.40. The molecule has 1 fully saturated rings. The van der Waals surface area contributed by atoms with Gasteiger partial charge in [0.05, 0.1) is 17.7 Å². The van der Waals surface area contributed by atoms with Gasteiger partial charge >= 0.3 is 5.97 Å². The van der Waals surface area contributed by atoms with Crippen LogP contribution in [0.25, 0.3) is 33.3 Å². The highest BCUT2D eigenvalue weighted by molar-refractivity contribution is 6.03. The van der Waals surface area contributed by atoms with Crippen LogP contribution in [0.15, 0.2) is 60.7 Å². The second kappa shape index (κ2) is 9.69. The number of fused-ring (bicyclic) bond motifs is 1. The zero-order chi connectivity index (χ0) is 23.5. The minimum absolute atomic E-state index is 0.204. The van der Waals surface area contributed by atoms with E-state index in [4.69, 9.17) is 4.74 Å². The van der Waals surface area contributed by atoms with E-state index in [2.05, 4.69) is 39.6 Å². The Bertz CT molecular complexity index is 1300. The number of aromatic nitrogens is 2. The predicted molar refractivity (Wildman–Crippen MR) is 134 cm³/mol. The Hall–Kier alpha value is -3.64. The van der Waals surface area contributed by atoms with Crippen LogP contribution >= 0.6 is 0 Å². The van der Waals surface area contributed by atoms with E-state index >= 15 is 0 Å². The number of aromatic amines is 1. The van der Waals surface area contributed by atoms with E-state index in [1.165, 1.54) is 12.8 Å². The molecule has 0 radical (unpaired) electrons.